The minimum Gasteiger partial charge on any atom is -0.464 e. The summed E-state index contributed by atoms with van der Waals surface area (Å²) in [5.74, 6) is 0. The van der Waals surface area contributed by atoms with Gasteiger partial charge in [0.05, 0.1) is 6.26 Å². The lowest BCUT2D eigenvalue weighted by Crippen LogP contribution is -2.52. The van der Waals surface area contributed by atoms with Crippen molar-refractivity contribution in [1.82, 2.24) is 5.32 Å². The van der Waals surface area contributed by atoms with Gasteiger partial charge in [0.25, 0.3) is 0 Å². The van der Waals surface area contributed by atoms with Crippen molar-refractivity contribution in [2.75, 3.05) is 6.54 Å². The summed E-state index contributed by atoms with van der Waals surface area (Å²) in [6.07, 6.45) is 1.89. The fourth-order valence-electron chi connectivity index (χ4n) is 2.37. The molecule has 0 radical (unpaired) electrons. The standard InChI is InChI=1S/C13H15NO/c1-13(2)8-14-12(13)10-7-15-11-6-4-3-5-9(10)11/h3-7,12,14H,8H2,1-2H3. The molecule has 1 N–H and O–H groups in total. The van der Waals surface area contributed by atoms with Gasteiger partial charge >= 0.3 is 0 Å². The van der Waals surface area contributed by atoms with Gasteiger partial charge in [0, 0.05) is 23.5 Å². The number of fused-ring (bicyclic) bond motifs is 1. The molecule has 0 spiro atoms. The summed E-state index contributed by atoms with van der Waals surface area (Å²) in [5.41, 5.74) is 2.62. The van der Waals surface area contributed by atoms with Crippen LogP contribution in [0.15, 0.2) is 34.9 Å². The molecule has 0 amide bonds. The summed E-state index contributed by atoms with van der Waals surface area (Å²) < 4.78 is 5.56. The topological polar surface area (TPSA) is 25.2 Å². The van der Waals surface area contributed by atoms with Crippen molar-refractivity contribution in [1.29, 1.82) is 0 Å². The van der Waals surface area contributed by atoms with Gasteiger partial charge in [0.15, 0.2) is 0 Å². The van der Waals surface area contributed by atoms with Gasteiger partial charge in [-0.3, -0.25) is 0 Å². The molecule has 0 saturated carbocycles. The van der Waals surface area contributed by atoms with E-state index in [0.717, 1.165) is 12.1 Å². The Morgan fingerprint density at radius 2 is 2.13 bits per heavy atom. The highest BCUT2D eigenvalue weighted by Crippen LogP contribution is 2.43. The third-order valence-electron chi connectivity index (χ3n) is 3.37. The molecule has 2 heteroatoms. The maximum atomic E-state index is 5.56. The summed E-state index contributed by atoms with van der Waals surface area (Å²) in [6.45, 7) is 5.66. The second-order valence-corrected chi connectivity index (χ2v) is 4.99. The van der Waals surface area contributed by atoms with Gasteiger partial charge in [-0.15, -0.1) is 0 Å². The number of benzene rings is 1. The Kier molecular flexibility index (Phi) is 1.71. The second kappa shape index (κ2) is 2.86. The van der Waals surface area contributed by atoms with E-state index in [4.69, 9.17) is 4.42 Å². The molecular weight excluding hydrogens is 186 g/mol. The van der Waals surface area contributed by atoms with Gasteiger partial charge in [-0.2, -0.15) is 0 Å². The lowest BCUT2D eigenvalue weighted by Gasteiger charge is -2.45. The summed E-state index contributed by atoms with van der Waals surface area (Å²) >= 11 is 0. The Labute approximate surface area is 89.3 Å². The van der Waals surface area contributed by atoms with Crippen LogP contribution < -0.4 is 5.32 Å². The van der Waals surface area contributed by atoms with E-state index in [-0.39, 0.29) is 0 Å². The maximum Gasteiger partial charge on any atom is 0.134 e. The molecular formula is C13H15NO. The quantitative estimate of drug-likeness (QED) is 0.767. The zero-order valence-corrected chi connectivity index (χ0v) is 9.08. The molecule has 15 heavy (non-hydrogen) atoms. The Balaban J connectivity index is 2.12. The minimum absolute atomic E-state index is 0.340. The Bertz CT molecular complexity index is 498. The summed E-state index contributed by atoms with van der Waals surface area (Å²) in [4.78, 5) is 0. The lowest BCUT2D eigenvalue weighted by atomic mass is 9.74. The Morgan fingerprint density at radius 3 is 2.80 bits per heavy atom. The number of rotatable bonds is 1. The summed E-state index contributed by atoms with van der Waals surface area (Å²) in [7, 11) is 0. The van der Waals surface area contributed by atoms with Crippen molar-refractivity contribution in [3.8, 4) is 0 Å². The predicted octanol–water partition coefficient (Wildman–Crippen LogP) is 3.10. The molecule has 2 aromatic rings. The average Bonchev–Trinajstić information content (AvgIpc) is 2.61. The van der Waals surface area contributed by atoms with Crippen LogP contribution in [0.1, 0.15) is 25.5 Å². The van der Waals surface area contributed by atoms with Crippen LogP contribution in [0.4, 0.5) is 0 Å². The van der Waals surface area contributed by atoms with E-state index >= 15 is 0 Å². The molecule has 1 atom stereocenters. The first kappa shape index (κ1) is 8.98. The van der Waals surface area contributed by atoms with Crippen LogP contribution in [0.25, 0.3) is 11.0 Å². The molecule has 1 unspecified atom stereocenters. The van der Waals surface area contributed by atoms with E-state index in [9.17, 15) is 0 Å². The fraction of sp³-hybridized carbons (Fsp3) is 0.385. The highest BCUT2D eigenvalue weighted by molar-refractivity contribution is 5.81. The molecule has 1 saturated heterocycles. The zero-order chi connectivity index (χ0) is 10.5. The van der Waals surface area contributed by atoms with E-state index in [0.29, 0.717) is 11.5 Å². The number of hydrogen-bond acceptors (Lipinski definition) is 2. The highest BCUT2D eigenvalue weighted by Gasteiger charge is 2.40. The van der Waals surface area contributed by atoms with Crippen LogP contribution in [0.5, 0.6) is 0 Å². The van der Waals surface area contributed by atoms with E-state index in [1.165, 1.54) is 10.9 Å². The maximum absolute atomic E-state index is 5.56. The molecule has 2 heterocycles. The van der Waals surface area contributed by atoms with Crippen molar-refractivity contribution < 1.29 is 4.42 Å². The minimum atomic E-state index is 0.340. The number of para-hydroxylation sites is 1. The van der Waals surface area contributed by atoms with E-state index < -0.39 is 0 Å². The van der Waals surface area contributed by atoms with Crippen LogP contribution in [0, 0.1) is 5.41 Å². The van der Waals surface area contributed by atoms with Gasteiger partial charge in [0.2, 0.25) is 0 Å². The monoisotopic (exact) mass is 201 g/mol. The first-order valence-electron chi connectivity index (χ1n) is 5.38. The molecule has 1 aliphatic rings. The van der Waals surface area contributed by atoms with Crippen LogP contribution in [0.3, 0.4) is 0 Å². The second-order valence-electron chi connectivity index (χ2n) is 4.99. The van der Waals surface area contributed by atoms with E-state index in [1.54, 1.807) is 0 Å². The predicted molar refractivity (Wildman–Crippen MR) is 60.7 cm³/mol. The molecule has 0 aliphatic carbocycles. The molecule has 1 aliphatic heterocycles. The van der Waals surface area contributed by atoms with Gasteiger partial charge in [-0.25, -0.2) is 0 Å². The van der Waals surface area contributed by atoms with Crippen molar-refractivity contribution in [3.63, 3.8) is 0 Å². The Morgan fingerprint density at radius 1 is 1.33 bits per heavy atom. The average molecular weight is 201 g/mol. The third-order valence-corrected chi connectivity index (χ3v) is 3.37. The van der Waals surface area contributed by atoms with Crippen LogP contribution >= 0.6 is 0 Å². The number of nitrogens with one attached hydrogen (secondary N) is 1. The van der Waals surface area contributed by atoms with Gasteiger partial charge in [-0.05, 0) is 11.5 Å². The van der Waals surface area contributed by atoms with Gasteiger partial charge in [-0.1, -0.05) is 32.0 Å². The highest BCUT2D eigenvalue weighted by atomic mass is 16.3. The normalized spacial score (nSPS) is 24.0. The molecule has 3 rings (SSSR count). The van der Waals surface area contributed by atoms with E-state index in [2.05, 4.69) is 31.3 Å². The largest absolute Gasteiger partial charge is 0.464 e. The molecule has 1 aromatic heterocycles. The molecule has 78 valence electrons. The van der Waals surface area contributed by atoms with Gasteiger partial charge in [0.1, 0.15) is 5.58 Å². The van der Waals surface area contributed by atoms with Gasteiger partial charge < -0.3 is 9.73 Å². The van der Waals surface area contributed by atoms with Crippen LogP contribution in [-0.2, 0) is 0 Å². The molecule has 1 aromatic carbocycles. The van der Waals surface area contributed by atoms with Crippen molar-refractivity contribution >= 4 is 11.0 Å². The summed E-state index contributed by atoms with van der Waals surface area (Å²) in [6, 6.07) is 8.65. The molecule has 1 fully saturated rings. The first-order valence-corrected chi connectivity index (χ1v) is 5.38. The van der Waals surface area contributed by atoms with Crippen LogP contribution in [0.2, 0.25) is 0 Å². The number of furan rings is 1. The van der Waals surface area contributed by atoms with Crippen molar-refractivity contribution in [3.05, 3.63) is 36.1 Å². The fourth-order valence-corrected chi connectivity index (χ4v) is 2.37. The summed E-state index contributed by atoms with van der Waals surface area (Å²) in [5, 5.41) is 4.71. The molecule has 0 bridgehead atoms. The SMILES string of the molecule is CC1(C)CNC1c1coc2ccccc12. The zero-order valence-electron chi connectivity index (χ0n) is 9.08. The molecule has 2 nitrogen and oxygen atoms in total. The smallest absolute Gasteiger partial charge is 0.134 e. The van der Waals surface area contributed by atoms with Crippen molar-refractivity contribution in [2.45, 2.75) is 19.9 Å². The number of hydrogen-bond donors (Lipinski definition) is 1. The van der Waals surface area contributed by atoms with Crippen LogP contribution in [-0.4, -0.2) is 6.54 Å². The first-order chi connectivity index (χ1) is 7.18. The third kappa shape index (κ3) is 1.21. The van der Waals surface area contributed by atoms with Crippen molar-refractivity contribution in [2.24, 2.45) is 5.41 Å². The Hall–Kier alpha value is -1.28. The lowest BCUT2D eigenvalue weighted by molar-refractivity contribution is 0.128. The van der Waals surface area contributed by atoms with E-state index in [1.807, 2.05) is 18.4 Å².